The third-order valence-electron chi connectivity index (χ3n) is 4.39. The number of carbonyl (C=O) groups excluding carboxylic acids is 1. The van der Waals surface area contributed by atoms with Gasteiger partial charge in [0.1, 0.15) is 0 Å². The Morgan fingerprint density at radius 3 is 2.41 bits per heavy atom. The number of nitrogens with one attached hydrogen (secondary N) is 3. The molecule has 0 fully saturated rings. The van der Waals surface area contributed by atoms with Crippen LogP contribution in [0.4, 0.5) is 0 Å². The first-order chi connectivity index (χ1) is 13.8. The number of aliphatic imine (C=N–C) groups is 1. The van der Waals surface area contributed by atoms with Crippen molar-refractivity contribution in [2.24, 2.45) is 4.99 Å². The zero-order valence-electron chi connectivity index (χ0n) is 18.3. The number of rotatable bonds is 7. The van der Waals surface area contributed by atoms with Gasteiger partial charge in [-0.2, -0.15) is 0 Å². The van der Waals surface area contributed by atoms with Gasteiger partial charge in [-0.1, -0.05) is 49.4 Å². The highest BCUT2D eigenvalue weighted by molar-refractivity contribution is 5.94. The Bertz CT molecular complexity index is 809. The van der Waals surface area contributed by atoms with Crippen molar-refractivity contribution in [2.75, 3.05) is 13.1 Å². The van der Waals surface area contributed by atoms with E-state index >= 15 is 0 Å². The van der Waals surface area contributed by atoms with Crippen molar-refractivity contribution in [3.8, 4) is 0 Å². The molecule has 156 valence electrons. The summed E-state index contributed by atoms with van der Waals surface area (Å²) in [5.41, 5.74) is 2.69. The van der Waals surface area contributed by atoms with E-state index in [1.54, 1.807) is 0 Å². The SMILES string of the molecule is CCNC(=NCc1cccc(C(=O)NC(C)(C)C)c1)NCC(C)c1ccccc1. The number of guanidine groups is 1. The van der Waals surface area contributed by atoms with Gasteiger partial charge in [-0.15, -0.1) is 0 Å². The minimum Gasteiger partial charge on any atom is -0.357 e. The molecule has 1 unspecified atom stereocenters. The van der Waals surface area contributed by atoms with Crippen LogP contribution in [0.15, 0.2) is 59.6 Å². The van der Waals surface area contributed by atoms with Crippen LogP contribution in [0.5, 0.6) is 0 Å². The molecule has 0 aliphatic heterocycles. The average molecular weight is 395 g/mol. The van der Waals surface area contributed by atoms with Gasteiger partial charge < -0.3 is 16.0 Å². The van der Waals surface area contributed by atoms with Crippen LogP contribution in [-0.4, -0.2) is 30.5 Å². The lowest BCUT2D eigenvalue weighted by atomic mass is 10.0. The molecule has 2 rings (SSSR count). The lowest BCUT2D eigenvalue weighted by molar-refractivity contribution is 0.0919. The second-order valence-electron chi connectivity index (χ2n) is 8.29. The van der Waals surface area contributed by atoms with E-state index in [9.17, 15) is 4.79 Å². The predicted molar refractivity (Wildman–Crippen MR) is 121 cm³/mol. The molecule has 2 aromatic carbocycles. The van der Waals surface area contributed by atoms with E-state index in [-0.39, 0.29) is 11.4 Å². The molecule has 0 heterocycles. The second-order valence-corrected chi connectivity index (χ2v) is 8.29. The fraction of sp³-hybridized carbons (Fsp3) is 0.417. The van der Waals surface area contributed by atoms with Crippen LogP contribution in [0, 0.1) is 0 Å². The van der Waals surface area contributed by atoms with E-state index in [4.69, 9.17) is 0 Å². The topological polar surface area (TPSA) is 65.5 Å². The predicted octanol–water partition coefficient (Wildman–Crippen LogP) is 4.07. The quantitative estimate of drug-likeness (QED) is 0.490. The molecule has 5 heteroatoms. The summed E-state index contributed by atoms with van der Waals surface area (Å²) in [6, 6.07) is 18.1. The first-order valence-electron chi connectivity index (χ1n) is 10.3. The fourth-order valence-electron chi connectivity index (χ4n) is 2.88. The van der Waals surface area contributed by atoms with E-state index in [0.717, 1.165) is 24.6 Å². The zero-order valence-corrected chi connectivity index (χ0v) is 18.3. The van der Waals surface area contributed by atoms with Crippen molar-refractivity contribution in [1.82, 2.24) is 16.0 Å². The monoisotopic (exact) mass is 394 g/mol. The molecular weight excluding hydrogens is 360 g/mol. The summed E-state index contributed by atoms with van der Waals surface area (Å²) in [4.78, 5) is 17.1. The van der Waals surface area contributed by atoms with Crippen molar-refractivity contribution in [2.45, 2.75) is 52.6 Å². The first-order valence-corrected chi connectivity index (χ1v) is 10.3. The molecule has 1 amide bonds. The second kappa shape index (κ2) is 10.6. The van der Waals surface area contributed by atoms with Gasteiger partial charge in [0.2, 0.25) is 0 Å². The Kier molecular flexibility index (Phi) is 8.25. The van der Waals surface area contributed by atoms with Gasteiger partial charge in [-0.25, -0.2) is 4.99 Å². The number of hydrogen-bond donors (Lipinski definition) is 3. The van der Waals surface area contributed by atoms with Crippen molar-refractivity contribution in [3.05, 3.63) is 71.3 Å². The van der Waals surface area contributed by atoms with Crippen LogP contribution in [-0.2, 0) is 6.54 Å². The van der Waals surface area contributed by atoms with E-state index < -0.39 is 0 Å². The molecule has 0 radical (unpaired) electrons. The molecule has 1 atom stereocenters. The van der Waals surface area contributed by atoms with E-state index in [0.29, 0.717) is 18.0 Å². The lowest BCUT2D eigenvalue weighted by Gasteiger charge is -2.20. The molecule has 3 N–H and O–H groups in total. The van der Waals surface area contributed by atoms with Gasteiger partial charge in [0.05, 0.1) is 6.54 Å². The molecule has 0 spiro atoms. The Hall–Kier alpha value is -2.82. The normalized spacial score (nSPS) is 12.9. The Balaban J connectivity index is 2.00. The van der Waals surface area contributed by atoms with Crippen LogP contribution in [0.2, 0.25) is 0 Å². The molecular formula is C24H34N4O. The van der Waals surface area contributed by atoms with Crippen molar-refractivity contribution < 1.29 is 4.79 Å². The van der Waals surface area contributed by atoms with Gasteiger partial charge >= 0.3 is 0 Å². The van der Waals surface area contributed by atoms with Gasteiger partial charge in [-0.05, 0) is 56.9 Å². The smallest absolute Gasteiger partial charge is 0.251 e. The van der Waals surface area contributed by atoms with Gasteiger partial charge in [-0.3, -0.25) is 4.79 Å². The van der Waals surface area contributed by atoms with Gasteiger partial charge in [0.15, 0.2) is 5.96 Å². The Morgan fingerprint density at radius 1 is 1.03 bits per heavy atom. The minimum absolute atomic E-state index is 0.0648. The number of carbonyl (C=O) groups is 1. The standard InChI is InChI=1S/C24H34N4O/c1-6-25-23(26-16-18(2)20-12-8-7-9-13-20)27-17-19-11-10-14-21(15-19)22(29)28-24(3,4)5/h7-15,18H,6,16-17H2,1-5H3,(H,28,29)(H2,25,26,27). The average Bonchev–Trinajstić information content (AvgIpc) is 2.69. The molecule has 0 saturated carbocycles. The van der Waals surface area contributed by atoms with E-state index in [2.05, 4.69) is 59.1 Å². The van der Waals surface area contributed by atoms with Crippen molar-refractivity contribution in [3.63, 3.8) is 0 Å². The third kappa shape index (κ3) is 7.98. The lowest BCUT2D eigenvalue weighted by Crippen LogP contribution is -2.40. The van der Waals surface area contributed by atoms with Crippen LogP contribution in [0.25, 0.3) is 0 Å². The minimum atomic E-state index is -0.261. The fourth-order valence-corrected chi connectivity index (χ4v) is 2.88. The molecule has 29 heavy (non-hydrogen) atoms. The highest BCUT2D eigenvalue weighted by Crippen LogP contribution is 2.13. The van der Waals surface area contributed by atoms with Crippen LogP contribution in [0.3, 0.4) is 0 Å². The van der Waals surface area contributed by atoms with Crippen LogP contribution < -0.4 is 16.0 Å². The molecule has 0 bridgehead atoms. The first kappa shape index (κ1) is 22.5. The molecule has 0 aliphatic rings. The number of nitrogens with zero attached hydrogens (tertiary/aromatic N) is 1. The molecule has 5 nitrogen and oxygen atoms in total. The van der Waals surface area contributed by atoms with E-state index in [1.807, 2.05) is 51.1 Å². The highest BCUT2D eigenvalue weighted by Gasteiger charge is 2.15. The summed E-state index contributed by atoms with van der Waals surface area (Å²) in [5, 5.41) is 9.70. The number of benzene rings is 2. The van der Waals surface area contributed by atoms with Crippen LogP contribution >= 0.6 is 0 Å². The maximum Gasteiger partial charge on any atom is 0.251 e. The Morgan fingerprint density at radius 2 is 1.76 bits per heavy atom. The van der Waals surface area contributed by atoms with Gasteiger partial charge in [0.25, 0.3) is 5.91 Å². The van der Waals surface area contributed by atoms with Crippen molar-refractivity contribution in [1.29, 1.82) is 0 Å². The maximum absolute atomic E-state index is 12.4. The Labute approximate surface area is 175 Å². The largest absolute Gasteiger partial charge is 0.357 e. The molecule has 0 saturated heterocycles. The molecule has 0 aromatic heterocycles. The summed E-state index contributed by atoms with van der Waals surface area (Å²) < 4.78 is 0. The van der Waals surface area contributed by atoms with Gasteiger partial charge in [0, 0.05) is 24.2 Å². The molecule has 0 aliphatic carbocycles. The number of amides is 1. The molecule has 2 aromatic rings. The summed E-state index contributed by atoms with van der Waals surface area (Å²) >= 11 is 0. The van der Waals surface area contributed by atoms with E-state index in [1.165, 1.54) is 5.56 Å². The number of hydrogen-bond acceptors (Lipinski definition) is 2. The van der Waals surface area contributed by atoms with Crippen molar-refractivity contribution >= 4 is 11.9 Å². The summed E-state index contributed by atoms with van der Waals surface area (Å²) in [6.07, 6.45) is 0. The maximum atomic E-state index is 12.4. The zero-order chi connectivity index (χ0) is 21.3. The summed E-state index contributed by atoms with van der Waals surface area (Å²) in [5.74, 6) is 1.09. The summed E-state index contributed by atoms with van der Waals surface area (Å²) in [7, 11) is 0. The third-order valence-corrected chi connectivity index (χ3v) is 4.39. The van der Waals surface area contributed by atoms with Crippen LogP contribution in [0.1, 0.15) is 62.0 Å². The highest BCUT2D eigenvalue weighted by atomic mass is 16.1. The summed E-state index contributed by atoms with van der Waals surface area (Å²) in [6.45, 7) is 12.3.